The zero-order valence-corrected chi connectivity index (χ0v) is 18.3. The van der Waals surface area contributed by atoms with Gasteiger partial charge in [0.2, 0.25) is 0 Å². The van der Waals surface area contributed by atoms with Crippen molar-refractivity contribution in [1.82, 2.24) is 15.5 Å². The monoisotopic (exact) mass is 471 g/mol. The fourth-order valence-electron chi connectivity index (χ4n) is 3.75. The summed E-state index contributed by atoms with van der Waals surface area (Å²) in [5, 5.41) is 7.04. The van der Waals surface area contributed by atoms with Crippen molar-refractivity contribution in [2.75, 3.05) is 50.7 Å². The molecular formula is C20H34IN5. The molecule has 5 nitrogen and oxygen atoms in total. The number of piperidine rings is 1. The van der Waals surface area contributed by atoms with Gasteiger partial charge >= 0.3 is 0 Å². The topological polar surface area (TPSA) is 42.9 Å². The van der Waals surface area contributed by atoms with Crippen molar-refractivity contribution in [1.29, 1.82) is 0 Å². The van der Waals surface area contributed by atoms with Gasteiger partial charge in [0.15, 0.2) is 5.96 Å². The van der Waals surface area contributed by atoms with Crippen molar-refractivity contribution in [3.63, 3.8) is 0 Å². The molecular weight excluding hydrogens is 437 g/mol. The number of hydrogen-bond donors (Lipinski definition) is 2. The second kappa shape index (κ2) is 11.6. The van der Waals surface area contributed by atoms with E-state index in [0.29, 0.717) is 6.04 Å². The predicted molar refractivity (Wildman–Crippen MR) is 122 cm³/mol. The molecule has 2 fully saturated rings. The minimum Gasteiger partial charge on any atom is -0.369 e. The molecule has 1 aromatic rings. The first-order chi connectivity index (χ1) is 12.3. The van der Waals surface area contributed by atoms with E-state index in [0.717, 1.165) is 45.1 Å². The molecule has 1 unspecified atom stereocenters. The Kier molecular flexibility index (Phi) is 9.53. The molecule has 26 heavy (non-hydrogen) atoms. The van der Waals surface area contributed by atoms with E-state index in [2.05, 4.69) is 57.7 Å². The molecule has 0 saturated carbocycles. The van der Waals surface area contributed by atoms with Crippen LogP contribution >= 0.6 is 24.0 Å². The molecule has 2 saturated heterocycles. The Morgan fingerprint density at radius 1 is 1.12 bits per heavy atom. The first kappa shape index (κ1) is 21.3. The highest BCUT2D eigenvalue weighted by Crippen LogP contribution is 2.19. The lowest BCUT2D eigenvalue weighted by atomic mass is 10.1. The highest BCUT2D eigenvalue weighted by Gasteiger charge is 2.23. The number of para-hydroxylation sites is 1. The van der Waals surface area contributed by atoms with E-state index >= 15 is 0 Å². The zero-order chi connectivity index (χ0) is 17.3. The van der Waals surface area contributed by atoms with Crippen molar-refractivity contribution in [3.8, 4) is 0 Å². The van der Waals surface area contributed by atoms with Crippen molar-refractivity contribution in [2.45, 2.75) is 38.6 Å². The van der Waals surface area contributed by atoms with Crippen LogP contribution in [0.15, 0.2) is 35.3 Å². The van der Waals surface area contributed by atoms with Crippen LogP contribution in [0.1, 0.15) is 32.6 Å². The van der Waals surface area contributed by atoms with Crippen LogP contribution in [-0.2, 0) is 0 Å². The van der Waals surface area contributed by atoms with Gasteiger partial charge in [-0.3, -0.25) is 4.99 Å². The molecule has 0 amide bonds. The Hall–Kier alpha value is -1.02. The quantitative estimate of drug-likeness (QED) is 0.381. The summed E-state index contributed by atoms with van der Waals surface area (Å²) in [5.74, 6) is 0.972. The SMILES string of the molecule is CCNC(=NCCN1CCCCC1)NC1CCN(c2ccccc2)C1.I. The lowest BCUT2D eigenvalue weighted by molar-refractivity contribution is 0.235. The second-order valence-electron chi connectivity index (χ2n) is 7.07. The van der Waals surface area contributed by atoms with Gasteiger partial charge in [0, 0.05) is 37.9 Å². The number of likely N-dealkylation sites (tertiary alicyclic amines) is 1. The fourth-order valence-corrected chi connectivity index (χ4v) is 3.75. The van der Waals surface area contributed by atoms with Crippen LogP contribution in [0.2, 0.25) is 0 Å². The minimum absolute atomic E-state index is 0. The van der Waals surface area contributed by atoms with E-state index < -0.39 is 0 Å². The summed E-state index contributed by atoms with van der Waals surface area (Å²) >= 11 is 0. The average molecular weight is 471 g/mol. The van der Waals surface area contributed by atoms with Crippen LogP contribution < -0.4 is 15.5 Å². The van der Waals surface area contributed by atoms with Gasteiger partial charge in [-0.25, -0.2) is 0 Å². The predicted octanol–water partition coefficient (Wildman–Crippen LogP) is 2.92. The van der Waals surface area contributed by atoms with E-state index in [1.54, 1.807) is 0 Å². The van der Waals surface area contributed by atoms with Gasteiger partial charge < -0.3 is 20.4 Å². The molecule has 3 rings (SSSR count). The van der Waals surface area contributed by atoms with E-state index in [1.165, 1.54) is 38.0 Å². The molecule has 0 radical (unpaired) electrons. The zero-order valence-electron chi connectivity index (χ0n) is 16.0. The molecule has 0 aliphatic carbocycles. The van der Waals surface area contributed by atoms with Gasteiger partial charge in [-0.2, -0.15) is 0 Å². The summed E-state index contributed by atoms with van der Waals surface area (Å²) in [6.45, 7) is 9.64. The summed E-state index contributed by atoms with van der Waals surface area (Å²) < 4.78 is 0. The average Bonchev–Trinajstić information content (AvgIpc) is 3.12. The van der Waals surface area contributed by atoms with Gasteiger partial charge in [0.1, 0.15) is 0 Å². The van der Waals surface area contributed by atoms with Crippen LogP contribution in [0.5, 0.6) is 0 Å². The number of benzene rings is 1. The van der Waals surface area contributed by atoms with Crippen molar-refractivity contribution < 1.29 is 0 Å². The molecule has 0 spiro atoms. The van der Waals surface area contributed by atoms with Crippen molar-refractivity contribution in [2.24, 2.45) is 4.99 Å². The molecule has 6 heteroatoms. The highest BCUT2D eigenvalue weighted by molar-refractivity contribution is 14.0. The maximum absolute atomic E-state index is 4.80. The van der Waals surface area contributed by atoms with Crippen molar-refractivity contribution in [3.05, 3.63) is 30.3 Å². The third kappa shape index (κ3) is 6.61. The molecule has 2 N–H and O–H groups in total. The van der Waals surface area contributed by atoms with Crippen LogP contribution in [0.3, 0.4) is 0 Å². The second-order valence-corrected chi connectivity index (χ2v) is 7.07. The van der Waals surface area contributed by atoms with E-state index in [4.69, 9.17) is 4.99 Å². The van der Waals surface area contributed by atoms with Crippen LogP contribution in [0.25, 0.3) is 0 Å². The number of hydrogen-bond acceptors (Lipinski definition) is 3. The fraction of sp³-hybridized carbons (Fsp3) is 0.650. The molecule has 2 aliphatic rings. The summed E-state index contributed by atoms with van der Waals surface area (Å²) in [4.78, 5) is 9.80. The third-order valence-electron chi connectivity index (χ3n) is 5.13. The molecule has 146 valence electrons. The van der Waals surface area contributed by atoms with Gasteiger partial charge in [-0.05, 0) is 51.4 Å². The Balaban J connectivity index is 0.00000243. The summed E-state index contributed by atoms with van der Waals surface area (Å²) in [5.41, 5.74) is 1.32. The first-order valence-electron chi connectivity index (χ1n) is 9.92. The number of aliphatic imine (C=N–C) groups is 1. The first-order valence-corrected chi connectivity index (χ1v) is 9.92. The maximum Gasteiger partial charge on any atom is 0.191 e. The van der Waals surface area contributed by atoms with Gasteiger partial charge in [0.05, 0.1) is 6.54 Å². The Morgan fingerprint density at radius 3 is 2.62 bits per heavy atom. The lowest BCUT2D eigenvalue weighted by Gasteiger charge is -2.25. The maximum atomic E-state index is 4.80. The number of guanidine groups is 1. The third-order valence-corrected chi connectivity index (χ3v) is 5.13. The molecule has 2 heterocycles. The molecule has 1 atom stereocenters. The minimum atomic E-state index is 0. The summed E-state index contributed by atoms with van der Waals surface area (Å²) in [6.07, 6.45) is 5.24. The van der Waals surface area contributed by atoms with E-state index in [-0.39, 0.29) is 24.0 Å². The normalized spacial score (nSPS) is 21.3. The molecule has 1 aromatic carbocycles. The van der Waals surface area contributed by atoms with E-state index in [1.807, 2.05) is 0 Å². The van der Waals surface area contributed by atoms with Crippen LogP contribution in [0, 0.1) is 0 Å². The van der Waals surface area contributed by atoms with Crippen molar-refractivity contribution >= 4 is 35.6 Å². The van der Waals surface area contributed by atoms with Crippen LogP contribution in [0.4, 0.5) is 5.69 Å². The standard InChI is InChI=1S/C20H33N5.HI/c1-2-21-20(22-12-16-24-13-7-4-8-14-24)23-18-11-15-25(17-18)19-9-5-3-6-10-19;/h3,5-6,9-10,18H,2,4,7-8,11-17H2,1H3,(H2,21,22,23);1H. The largest absolute Gasteiger partial charge is 0.369 e. The lowest BCUT2D eigenvalue weighted by Crippen LogP contribution is -2.45. The Labute approximate surface area is 175 Å². The van der Waals surface area contributed by atoms with Gasteiger partial charge in [0.25, 0.3) is 0 Å². The number of anilines is 1. The molecule has 2 aliphatic heterocycles. The number of nitrogens with one attached hydrogen (secondary N) is 2. The summed E-state index contributed by atoms with van der Waals surface area (Å²) in [6, 6.07) is 11.2. The summed E-state index contributed by atoms with van der Waals surface area (Å²) in [7, 11) is 0. The molecule has 0 bridgehead atoms. The number of rotatable bonds is 6. The number of halogens is 1. The van der Waals surface area contributed by atoms with Gasteiger partial charge in [-0.1, -0.05) is 24.6 Å². The van der Waals surface area contributed by atoms with Crippen LogP contribution in [-0.4, -0.2) is 62.7 Å². The van der Waals surface area contributed by atoms with Gasteiger partial charge in [-0.15, -0.1) is 24.0 Å². The smallest absolute Gasteiger partial charge is 0.191 e. The highest BCUT2D eigenvalue weighted by atomic mass is 127. The Morgan fingerprint density at radius 2 is 1.88 bits per heavy atom. The number of nitrogens with zero attached hydrogens (tertiary/aromatic N) is 3. The molecule has 0 aromatic heterocycles. The Bertz CT molecular complexity index is 530. The van der Waals surface area contributed by atoms with E-state index in [9.17, 15) is 0 Å².